The van der Waals surface area contributed by atoms with Crippen LogP contribution in [0.15, 0.2) is 42.5 Å². The van der Waals surface area contributed by atoms with Crippen molar-refractivity contribution in [3.8, 4) is 5.75 Å². The summed E-state index contributed by atoms with van der Waals surface area (Å²) in [5, 5.41) is 11.4. The number of aliphatic carboxylic acids is 1. The molecule has 7 heteroatoms. The molecule has 0 aliphatic carbocycles. The smallest absolute Gasteiger partial charge is 0.305 e. The van der Waals surface area contributed by atoms with Crippen molar-refractivity contribution in [2.75, 3.05) is 6.61 Å². The van der Waals surface area contributed by atoms with Crippen molar-refractivity contribution >= 4 is 11.9 Å². The van der Waals surface area contributed by atoms with Gasteiger partial charge in [-0.05, 0) is 36.8 Å². The summed E-state index contributed by atoms with van der Waals surface area (Å²) in [4.78, 5) is 23.3. The number of carbonyl (C=O) groups excluding carboxylic acids is 1. The molecule has 1 amide bonds. The van der Waals surface area contributed by atoms with Gasteiger partial charge in [-0.25, -0.2) is 8.78 Å². The van der Waals surface area contributed by atoms with E-state index >= 15 is 0 Å². The second-order valence-corrected chi connectivity index (χ2v) is 5.22. The first-order chi connectivity index (χ1) is 11.9. The summed E-state index contributed by atoms with van der Waals surface area (Å²) in [5.41, 5.74) is -0.264. The number of hydrogen-bond acceptors (Lipinski definition) is 3. The topological polar surface area (TPSA) is 75.6 Å². The van der Waals surface area contributed by atoms with Crippen LogP contribution in [0.2, 0.25) is 0 Å². The predicted molar refractivity (Wildman–Crippen MR) is 86.4 cm³/mol. The minimum absolute atomic E-state index is 0.435. The fourth-order valence-electron chi connectivity index (χ4n) is 2.34. The highest BCUT2D eigenvalue weighted by molar-refractivity contribution is 5.95. The van der Waals surface area contributed by atoms with Gasteiger partial charge in [0.05, 0.1) is 19.1 Å². The molecule has 2 aromatic rings. The van der Waals surface area contributed by atoms with Gasteiger partial charge in [-0.2, -0.15) is 0 Å². The lowest BCUT2D eigenvalue weighted by Gasteiger charge is -2.18. The number of hydrogen-bond donors (Lipinski definition) is 2. The van der Waals surface area contributed by atoms with E-state index in [1.54, 1.807) is 24.3 Å². The molecule has 25 heavy (non-hydrogen) atoms. The summed E-state index contributed by atoms with van der Waals surface area (Å²) in [6, 6.07) is 8.56. The summed E-state index contributed by atoms with van der Waals surface area (Å²) < 4.78 is 32.7. The van der Waals surface area contributed by atoms with E-state index in [0.29, 0.717) is 17.9 Å². The molecule has 2 N–H and O–H groups in total. The molecule has 0 fully saturated rings. The third-order valence-electron chi connectivity index (χ3n) is 3.47. The molecule has 0 spiro atoms. The van der Waals surface area contributed by atoms with Gasteiger partial charge in [0.25, 0.3) is 5.91 Å². The monoisotopic (exact) mass is 349 g/mol. The van der Waals surface area contributed by atoms with Crippen molar-refractivity contribution in [3.05, 3.63) is 65.2 Å². The molecule has 0 saturated carbocycles. The predicted octanol–water partition coefficient (Wildman–Crippen LogP) is 3.31. The highest BCUT2D eigenvalue weighted by Crippen LogP contribution is 2.22. The number of rotatable bonds is 7. The van der Waals surface area contributed by atoms with Gasteiger partial charge in [-0.1, -0.05) is 18.2 Å². The van der Waals surface area contributed by atoms with Gasteiger partial charge in [-0.3, -0.25) is 9.59 Å². The van der Waals surface area contributed by atoms with Gasteiger partial charge in [-0.15, -0.1) is 0 Å². The Morgan fingerprint density at radius 1 is 1.12 bits per heavy atom. The number of nitrogens with one attached hydrogen (secondary N) is 1. The first kappa shape index (κ1) is 18.4. The van der Waals surface area contributed by atoms with Crippen LogP contribution in [-0.4, -0.2) is 23.6 Å². The van der Waals surface area contributed by atoms with Gasteiger partial charge in [0.2, 0.25) is 0 Å². The lowest BCUT2D eigenvalue weighted by atomic mass is 10.0. The van der Waals surface area contributed by atoms with Crippen LogP contribution in [0.1, 0.15) is 35.3 Å². The van der Waals surface area contributed by atoms with Gasteiger partial charge in [0.1, 0.15) is 22.9 Å². The molecule has 0 bridgehead atoms. The van der Waals surface area contributed by atoms with Crippen molar-refractivity contribution < 1.29 is 28.2 Å². The molecule has 2 aromatic carbocycles. The first-order valence-corrected chi connectivity index (χ1v) is 7.61. The quantitative estimate of drug-likeness (QED) is 0.804. The molecule has 0 aliphatic heterocycles. The number of halogens is 2. The molecule has 0 aromatic heterocycles. The maximum absolute atomic E-state index is 13.7. The summed E-state index contributed by atoms with van der Waals surface area (Å²) in [7, 11) is 0. The van der Waals surface area contributed by atoms with Crippen LogP contribution >= 0.6 is 0 Å². The highest BCUT2D eigenvalue weighted by Gasteiger charge is 2.23. The van der Waals surface area contributed by atoms with Crippen LogP contribution in [0.5, 0.6) is 5.75 Å². The molecule has 0 saturated heterocycles. The standard InChI is InChI=1S/C18H17F2NO4/c1-2-25-12-8-6-11(7-9-12)15(10-16(22)23)21-18(24)17-13(19)4-3-5-14(17)20/h3-9,15H,2,10H2,1H3,(H,21,24)(H,22,23). The zero-order valence-corrected chi connectivity index (χ0v) is 13.5. The van der Waals surface area contributed by atoms with Crippen molar-refractivity contribution in [3.63, 3.8) is 0 Å². The fraction of sp³-hybridized carbons (Fsp3) is 0.222. The van der Waals surface area contributed by atoms with Crippen molar-refractivity contribution in [1.82, 2.24) is 5.32 Å². The Kier molecular flexibility index (Phi) is 6.05. The molecule has 1 atom stereocenters. The molecule has 0 radical (unpaired) electrons. The second-order valence-electron chi connectivity index (χ2n) is 5.22. The van der Waals surface area contributed by atoms with E-state index in [1.165, 1.54) is 0 Å². The lowest BCUT2D eigenvalue weighted by Crippen LogP contribution is -2.31. The average Bonchev–Trinajstić information content (AvgIpc) is 2.54. The van der Waals surface area contributed by atoms with Crippen LogP contribution in [0, 0.1) is 11.6 Å². The highest BCUT2D eigenvalue weighted by atomic mass is 19.1. The second kappa shape index (κ2) is 8.23. The first-order valence-electron chi connectivity index (χ1n) is 7.61. The zero-order chi connectivity index (χ0) is 18.4. The Bertz CT molecular complexity index is 742. The maximum atomic E-state index is 13.7. The lowest BCUT2D eigenvalue weighted by molar-refractivity contribution is -0.137. The number of carboxylic acids is 1. The van der Waals surface area contributed by atoms with Crippen LogP contribution in [0.3, 0.4) is 0 Å². The van der Waals surface area contributed by atoms with Crippen molar-refractivity contribution in [2.45, 2.75) is 19.4 Å². The van der Waals surface area contributed by atoms with Gasteiger partial charge < -0.3 is 15.2 Å². The molecular formula is C18H17F2NO4. The number of carboxylic acid groups (broad SMARTS) is 1. The summed E-state index contributed by atoms with van der Waals surface area (Å²) >= 11 is 0. The van der Waals surface area contributed by atoms with E-state index in [0.717, 1.165) is 18.2 Å². The van der Waals surface area contributed by atoms with E-state index in [9.17, 15) is 18.4 Å². The van der Waals surface area contributed by atoms with E-state index < -0.39 is 41.5 Å². The van der Waals surface area contributed by atoms with E-state index in [2.05, 4.69) is 5.32 Å². The van der Waals surface area contributed by atoms with Crippen LogP contribution in [0.4, 0.5) is 8.78 Å². The third kappa shape index (κ3) is 4.76. The Labute approximate surface area is 143 Å². The molecule has 0 aliphatic rings. The Morgan fingerprint density at radius 2 is 1.72 bits per heavy atom. The summed E-state index contributed by atoms with van der Waals surface area (Å²) in [6.07, 6.45) is -0.435. The average molecular weight is 349 g/mol. The van der Waals surface area contributed by atoms with Gasteiger partial charge in [0.15, 0.2) is 0 Å². The molecule has 132 valence electrons. The number of ether oxygens (including phenoxy) is 1. The fourth-order valence-corrected chi connectivity index (χ4v) is 2.34. The summed E-state index contributed by atoms with van der Waals surface area (Å²) in [6.45, 7) is 2.30. The largest absolute Gasteiger partial charge is 0.494 e. The molecule has 0 heterocycles. The zero-order valence-electron chi connectivity index (χ0n) is 13.5. The number of carbonyl (C=O) groups is 2. The number of benzene rings is 2. The Morgan fingerprint density at radius 3 is 2.24 bits per heavy atom. The van der Waals surface area contributed by atoms with Crippen LogP contribution < -0.4 is 10.1 Å². The minimum atomic E-state index is -1.16. The van der Waals surface area contributed by atoms with Crippen LogP contribution in [0.25, 0.3) is 0 Å². The van der Waals surface area contributed by atoms with Crippen molar-refractivity contribution in [2.24, 2.45) is 0 Å². The number of amides is 1. The van der Waals surface area contributed by atoms with E-state index in [4.69, 9.17) is 9.84 Å². The maximum Gasteiger partial charge on any atom is 0.305 e. The van der Waals surface area contributed by atoms with Crippen LogP contribution in [-0.2, 0) is 4.79 Å². The molecule has 5 nitrogen and oxygen atoms in total. The SMILES string of the molecule is CCOc1ccc(C(CC(=O)O)NC(=O)c2c(F)cccc2F)cc1. The van der Waals surface area contributed by atoms with E-state index in [1.807, 2.05) is 6.92 Å². The minimum Gasteiger partial charge on any atom is -0.494 e. The van der Waals surface area contributed by atoms with Gasteiger partial charge >= 0.3 is 5.97 Å². The Hall–Kier alpha value is -2.96. The molecule has 2 rings (SSSR count). The van der Waals surface area contributed by atoms with E-state index in [-0.39, 0.29) is 0 Å². The summed E-state index contributed by atoms with van der Waals surface area (Å²) in [5.74, 6) is -3.62. The molecular weight excluding hydrogens is 332 g/mol. The molecule has 1 unspecified atom stereocenters. The third-order valence-corrected chi connectivity index (χ3v) is 3.47. The van der Waals surface area contributed by atoms with Gasteiger partial charge in [0, 0.05) is 0 Å². The van der Waals surface area contributed by atoms with Crippen molar-refractivity contribution in [1.29, 1.82) is 0 Å². The normalized spacial score (nSPS) is 11.6. The Balaban J connectivity index is 2.25.